The highest BCUT2D eigenvalue weighted by Crippen LogP contribution is 2.29. The zero-order chi connectivity index (χ0) is 15.6. The van der Waals surface area contributed by atoms with Crippen LogP contribution >= 0.6 is 0 Å². The van der Waals surface area contributed by atoms with Crippen LogP contribution in [0.5, 0.6) is 0 Å². The molecule has 2 aromatic rings. The molecule has 0 spiro atoms. The Kier molecular flexibility index (Phi) is 3.88. The fraction of sp³-hybridized carbons (Fsp3) is 0.133. The minimum absolute atomic E-state index is 0.222. The average Bonchev–Trinajstić information content (AvgIpc) is 2.41. The SMILES string of the molecule is CC(Nc1cccc(F)c1)(C(N)=O)c1cc(F)ccc1F. The van der Waals surface area contributed by atoms with Gasteiger partial charge >= 0.3 is 0 Å². The van der Waals surface area contributed by atoms with Gasteiger partial charge in [-0.25, -0.2) is 13.2 Å². The average molecular weight is 294 g/mol. The van der Waals surface area contributed by atoms with E-state index in [1.54, 1.807) is 0 Å². The molecule has 0 aliphatic rings. The third-order valence-electron chi connectivity index (χ3n) is 3.18. The smallest absolute Gasteiger partial charge is 0.247 e. The second-order valence-corrected chi connectivity index (χ2v) is 4.75. The van der Waals surface area contributed by atoms with Crippen molar-refractivity contribution in [1.29, 1.82) is 0 Å². The first-order valence-corrected chi connectivity index (χ1v) is 6.12. The third kappa shape index (κ3) is 2.99. The zero-order valence-corrected chi connectivity index (χ0v) is 11.2. The topological polar surface area (TPSA) is 55.1 Å². The van der Waals surface area contributed by atoms with Crippen molar-refractivity contribution >= 4 is 11.6 Å². The van der Waals surface area contributed by atoms with E-state index in [4.69, 9.17) is 5.73 Å². The van der Waals surface area contributed by atoms with Crippen LogP contribution in [0.4, 0.5) is 18.9 Å². The summed E-state index contributed by atoms with van der Waals surface area (Å²) in [5, 5.41) is 2.66. The minimum atomic E-state index is -1.72. The summed E-state index contributed by atoms with van der Waals surface area (Å²) in [6, 6.07) is 7.96. The van der Waals surface area contributed by atoms with Gasteiger partial charge in [0.1, 0.15) is 23.0 Å². The highest BCUT2D eigenvalue weighted by molar-refractivity contribution is 5.89. The number of carbonyl (C=O) groups is 1. The molecule has 0 aromatic heterocycles. The van der Waals surface area contributed by atoms with Crippen molar-refractivity contribution in [2.24, 2.45) is 5.73 Å². The van der Waals surface area contributed by atoms with Gasteiger partial charge in [0, 0.05) is 11.3 Å². The van der Waals surface area contributed by atoms with E-state index in [0.717, 1.165) is 24.3 Å². The van der Waals surface area contributed by atoms with Crippen molar-refractivity contribution in [3.8, 4) is 0 Å². The molecule has 1 amide bonds. The predicted octanol–water partition coefficient (Wildman–Crippen LogP) is 2.92. The molecule has 21 heavy (non-hydrogen) atoms. The Balaban J connectivity index is 2.50. The van der Waals surface area contributed by atoms with Crippen molar-refractivity contribution in [1.82, 2.24) is 0 Å². The quantitative estimate of drug-likeness (QED) is 0.911. The lowest BCUT2D eigenvalue weighted by molar-refractivity contribution is -0.122. The summed E-state index contributed by atoms with van der Waals surface area (Å²) < 4.78 is 40.5. The largest absolute Gasteiger partial charge is 0.368 e. The third-order valence-corrected chi connectivity index (χ3v) is 3.18. The van der Waals surface area contributed by atoms with E-state index in [1.165, 1.54) is 25.1 Å². The van der Waals surface area contributed by atoms with E-state index in [2.05, 4.69) is 5.32 Å². The normalized spacial score (nSPS) is 13.5. The predicted molar refractivity (Wildman–Crippen MR) is 72.9 cm³/mol. The van der Waals surface area contributed by atoms with E-state index in [1.807, 2.05) is 0 Å². The van der Waals surface area contributed by atoms with E-state index in [9.17, 15) is 18.0 Å². The highest BCUT2D eigenvalue weighted by Gasteiger charge is 2.36. The van der Waals surface area contributed by atoms with Crippen LogP contribution in [-0.2, 0) is 10.3 Å². The maximum atomic E-state index is 13.9. The van der Waals surface area contributed by atoms with Gasteiger partial charge in [0.05, 0.1) is 0 Å². The van der Waals surface area contributed by atoms with Gasteiger partial charge in [-0.3, -0.25) is 4.79 Å². The van der Waals surface area contributed by atoms with Gasteiger partial charge in [0.15, 0.2) is 0 Å². The number of nitrogens with one attached hydrogen (secondary N) is 1. The van der Waals surface area contributed by atoms with Gasteiger partial charge in [0.2, 0.25) is 5.91 Å². The Bertz CT molecular complexity index is 690. The fourth-order valence-corrected chi connectivity index (χ4v) is 2.00. The van der Waals surface area contributed by atoms with Gasteiger partial charge in [0.25, 0.3) is 0 Å². The molecule has 0 aliphatic carbocycles. The Morgan fingerprint density at radius 2 is 1.76 bits per heavy atom. The Morgan fingerprint density at radius 3 is 2.38 bits per heavy atom. The van der Waals surface area contributed by atoms with Crippen LogP contribution in [0.2, 0.25) is 0 Å². The van der Waals surface area contributed by atoms with Crippen molar-refractivity contribution in [3.05, 3.63) is 65.5 Å². The van der Waals surface area contributed by atoms with Crippen LogP contribution in [0.25, 0.3) is 0 Å². The molecule has 0 saturated carbocycles. The maximum Gasteiger partial charge on any atom is 0.247 e. The first kappa shape index (κ1) is 14.9. The molecule has 0 bridgehead atoms. The van der Waals surface area contributed by atoms with E-state index < -0.39 is 28.9 Å². The molecule has 0 fully saturated rings. The van der Waals surface area contributed by atoms with Crippen LogP contribution in [0.3, 0.4) is 0 Å². The lowest BCUT2D eigenvalue weighted by Crippen LogP contribution is -2.46. The second kappa shape index (κ2) is 5.47. The number of hydrogen-bond donors (Lipinski definition) is 2. The molecular weight excluding hydrogens is 281 g/mol. The summed E-state index contributed by atoms with van der Waals surface area (Å²) in [5.41, 5.74) is 3.57. The number of carbonyl (C=O) groups excluding carboxylic acids is 1. The number of nitrogens with two attached hydrogens (primary N) is 1. The molecule has 2 aromatic carbocycles. The maximum absolute atomic E-state index is 13.9. The molecule has 1 unspecified atom stereocenters. The van der Waals surface area contributed by atoms with E-state index >= 15 is 0 Å². The zero-order valence-electron chi connectivity index (χ0n) is 11.2. The Hall–Kier alpha value is -2.50. The standard InChI is InChI=1S/C15H13F3N2O/c1-15(14(19)21,12-8-10(17)5-6-13(12)18)20-11-4-2-3-9(16)7-11/h2-8,20H,1H3,(H2,19,21). The number of hydrogen-bond acceptors (Lipinski definition) is 2. The van der Waals surface area contributed by atoms with Crippen molar-refractivity contribution in [2.75, 3.05) is 5.32 Å². The van der Waals surface area contributed by atoms with E-state index in [0.29, 0.717) is 0 Å². The molecule has 0 saturated heterocycles. The molecule has 1 atom stereocenters. The fourth-order valence-electron chi connectivity index (χ4n) is 2.00. The summed E-state index contributed by atoms with van der Waals surface area (Å²) in [5.74, 6) is -2.95. The summed E-state index contributed by atoms with van der Waals surface area (Å²) >= 11 is 0. The number of anilines is 1. The molecule has 3 N–H and O–H groups in total. The first-order valence-electron chi connectivity index (χ1n) is 6.12. The van der Waals surface area contributed by atoms with Crippen LogP contribution in [-0.4, -0.2) is 5.91 Å². The number of halogens is 3. The summed E-state index contributed by atoms with van der Waals surface area (Å²) in [6.07, 6.45) is 0. The monoisotopic (exact) mass is 294 g/mol. The van der Waals surface area contributed by atoms with Crippen molar-refractivity contribution in [2.45, 2.75) is 12.5 Å². The molecule has 2 rings (SSSR count). The van der Waals surface area contributed by atoms with Gasteiger partial charge in [-0.2, -0.15) is 0 Å². The number of rotatable bonds is 4. The Labute approximate surface area is 119 Å². The van der Waals surface area contributed by atoms with Crippen molar-refractivity contribution < 1.29 is 18.0 Å². The van der Waals surface area contributed by atoms with Gasteiger partial charge in [-0.15, -0.1) is 0 Å². The lowest BCUT2D eigenvalue weighted by Gasteiger charge is -2.29. The van der Waals surface area contributed by atoms with Crippen LogP contribution in [0.15, 0.2) is 42.5 Å². The van der Waals surface area contributed by atoms with Gasteiger partial charge in [-0.05, 0) is 43.3 Å². The van der Waals surface area contributed by atoms with Crippen LogP contribution in [0, 0.1) is 17.5 Å². The summed E-state index contributed by atoms with van der Waals surface area (Å²) in [6.45, 7) is 1.30. The number of benzene rings is 2. The molecule has 0 heterocycles. The van der Waals surface area contributed by atoms with E-state index in [-0.39, 0.29) is 11.3 Å². The minimum Gasteiger partial charge on any atom is -0.368 e. The molecule has 6 heteroatoms. The molecule has 110 valence electrons. The Morgan fingerprint density at radius 1 is 1.10 bits per heavy atom. The van der Waals surface area contributed by atoms with Crippen LogP contribution < -0.4 is 11.1 Å². The lowest BCUT2D eigenvalue weighted by atomic mass is 9.90. The number of primary amides is 1. The molecule has 3 nitrogen and oxygen atoms in total. The molecular formula is C15H13F3N2O. The van der Waals surface area contributed by atoms with Gasteiger partial charge < -0.3 is 11.1 Å². The van der Waals surface area contributed by atoms with Crippen molar-refractivity contribution in [3.63, 3.8) is 0 Å². The number of amides is 1. The first-order chi connectivity index (χ1) is 9.83. The second-order valence-electron chi connectivity index (χ2n) is 4.75. The molecule has 0 aliphatic heterocycles. The van der Waals surface area contributed by atoms with Gasteiger partial charge in [-0.1, -0.05) is 6.07 Å². The van der Waals surface area contributed by atoms with Crippen LogP contribution in [0.1, 0.15) is 12.5 Å². The highest BCUT2D eigenvalue weighted by atomic mass is 19.1. The molecule has 0 radical (unpaired) electrons. The summed E-state index contributed by atoms with van der Waals surface area (Å²) in [7, 11) is 0. The summed E-state index contributed by atoms with van der Waals surface area (Å²) in [4.78, 5) is 11.8.